The van der Waals surface area contributed by atoms with E-state index in [4.69, 9.17) is 16.3 Å². The van der Waals surface area contributed by atoms with Crippen molar-refractivity contribution in [2.75, 3.05) is 0 Å². The Kier molecular flexibility index (Phi) is 3.84. The molecule has 0 aliphatic rings. The van der Waals surface area contributed by atoms with Crippen molar-refractivity contribution in [1.82, 2.24) is 4.98 Å². The average Bonchev–Trinajstić information content (AvgIpc) is 2.27. The van der Waals surface area contributed by atoms with Crippen molar-refractivity contribution in [3.8, 4) is 11.5 Å². The van der Waals surface area contributed by atoms with Crippen molar-refractivity contribution in [3.05, 3.63) is 50.6 Å². The monoisotopic (exact) mass is 361 g/mol. The highest BCUT2D eigenvalue weighted by Gasteiger charge is 2.06. The second-order valence-electron chi connectivity index (χ2n) is 2.98. The molecule has 0 spiro atoms. The molecule has 0 unspecified atom stereocenters. The van der Waals surface area contributed by atoms with Crippen LogP contribution < -0.4 is 4.74 Å². The Morgan fingerprint density at radius 1 is 1.12 bits per heavy atom. The summed E-state index contributed by atoms with van der Waals surface area (Å²) in [6, 6.07) is 7.21. The third-order valence-electron chi connectivity index (χ3n) is 1.85. The summed E-state index contributed by atoms with van der Waals surface area (Å²) in [5.41, 5.74) is 0. The molecule has 2 aromatic rings. The number of hydrogen-bond donors (Lipinski definition) is 0. The fourth-order valence-corrected chi connectivity index (χ4v) is 1.95. The second-order valence-corrected chi connectivity index (χ2v) is 5.16. The Balaban J connectivity index is 2.34. The SMILES string of the molecule is Clc1ccc(Br)cc1Oc1ccncc1Br. The molecular formula is C11H6Br2ClNO. The van der Waals surface area contributed by atoms with Crippen LogP contribution in [0.5, 0.6) is 11.5 Å². The summed E-state index contributed by atoms with van der Waals surface area (Å²) >= 11 is 12.7. The zero-order chi connectivity index (χ0) is 11.5. The van der Waals surface area contributed by atoms with Gasteiger partial charge in [-0.1, -0.05) is 27.5 Å². The van der Waals surface area contributed by atoms with E-state index in [1.54, 1.807) is 24.5 Å². The molecule has 0 amide bonds. The van der Waals surface area contributed by atoms with Crippen LogP contribution in [0, 0.1) is 0 Å². The minimum absolute atomic E-state index is 0.562. The summed E-state index contributed by atoms with van der Waals surface area (Å²) in [4.78, 5) is 3.96. The van der Waals surface area contributed by atoms with E-state index in [-0.39, 0.29) is 0 Å². The molecule has 1 heterocycles. The zero-order valence-electron chi connectivity index (χ0n) is 7.95. The van der Waals surface area contributed by atoms with Crippen molar-refractivity contribution < 1.29 is 4.74 Å². The van der Waals surface area contributed by atoms with Crippen molar-refractivity contribution >= 4 is 43.5 Å². The molecule has 2 rings (SSSR count). The van der Waals surface area contributed by atoms with Crippen LogP contribution >= 0.6 is 43.5 Å². The van der Waals surface area contributed by atoms with Crippen LogP contribution in [0.1, 0.15) is 0 Å². The number of rotatable bonds is 2. The van der Waals surface area contributed by atoms with Crippen LogP contribution in [0.25, 0.3) is 0 Å². The van der Waals surface area contributed by atoms with Gasteiger partial charge in [0.1, 0.15) is 11.5 Å². The molecule has 0 fully saturated rings. The lowest BCUT2D eigenvalue weighted by molar-refractivity contribution is 0.478. The van der Waals surface area contributed by atoms with Crippen LogP contribution in [0.4, 0.5) is 0 Å². The maximum atomic E-state index is 6.02. The van der Waals surface area contributed by atoms with Crippen LogP contribution in [-0.4, -0.2) is 4.98 Å². The van der Waals surface area contributed by atoms with E-state index in [9.17, 15) is 0 Å². The summed E-state index contributed by atoms with van der Waals surface area (Å²) in [7, 11) is 0. The minimum Gasteiger partial charge on any atom is -0.454 e. The standard InChI is InChI=1S/C11H6Br2ClNO/c12-7-1-2-9(14)11(5-7)16-10-3-4-15-6-8(10)13/h1-6H. The molecule has 0 saturated heterocycles. The smallest absolute Gasteiger partial charge is 0.147 e. The van der Waals surface area contributed by atoms with Crippen LogP contribution in [0.3, 0.4) is 0 Å². The van der Waals surface area contributed by atoms with Gasteiger partial charge < -0.3 is 4.74 Å². The molecule has 0 bridgehead atoms. The Morgan fingerprint density at radius 2 is 1.94 bits per heavy atom. The number of nitrogens with zero attached hydrogens (tertiary/aromatic N) is 1. The highest BCUT2D eigenvalue weighted by Crippen LogP contribution is 2.34. The van der Waals surface area contributed by atoms with E-state index in [1.807, 2.05) is 12.1 Å². The van der Waals surface area contributed by atoms with Crippen molar-refractivity contribution in [1.29, 1.82) is 0 Å². The van der Waals surface area contributed by atoms with Crippen molar-refractivity contribution in [2.24, 2.45) is 0 Å². The van der Waals surface area contributed by atoms with Gasteiger partial charge in [0, 0.05) is 22.9 Å². The average molecular weight is 363 g/mol. The topological polar surface area (TPSA) is 22.1 Å². The molecule has 0 saturated carbocycles. The Labute approximate surface area is 115 Å². The van der Waals surface area contributed by atoms with Crippen molar-refractivity contribution in [2.45, 2.75) is 0 Å². The first-order valence-electron chi connectivity index (χ1n) is 4.39. The molecular weight excluding hydrogens is 357 g/mol. The Hall–Kier alpha value is -0.580. The highest BCUT2D eigenvalue weighted by atomic mass is 79.9. The second kappa shape index (κ2) is 5.17. The first-order chi connectivity index (χ1) is 7.66. The van der Waals surface area contributed by atoms with Gasteiger partial charge in [0.05, 0.1) is 9.50 Å². The molecule has 1 aromatic heterocycles. The molecule has 0 radical (unpaired) electrons. The van der Waals surface area contributed by atoms with E-state index in [2.05, 4.69) is 36.8 Å². The molecule has 1 aromatic carbocycles. The summed E-state index contributed by atoms with van der Waals surface area (Å²) < 4.78 is 7.37. The number of aromatic nitrogens is 1. The Morgan fingerprint density at radius 3 is 2.69 bits per heavy atom. The van der Waals surface area contributed by atoms with E-state index < -0.39 is 0 Å². The number of benzene rings is 1. The fourth-order valence-electron chi connectivity index (χ4n) is 1.12. The summed E-state index contributed by atoms with van der Waals surface area (Å²) in [5, 5.41) is 0.562. The first-order valence-corrected chi connectivity index (χ1v) is 6.35. The maximum absolute atomic E-state index is 6.02. The molecule has 2 nitrogen and oxygen atoms in total. The molecule has 5 heteroatoms. The van der Waals surface area contributed by atoms with Gasteiger partial charge in [0.25, 0.3) is 0 Å². The predicted molar refractivity (Wildman–Crippen MR) is 71.2 cm³/mol. The van der Waals surface area contributed by atoms with Gasteiger partial charge in [0.15, 0.2) is 0 Å². The Bertz CT molecular complexity index is 519. The minimum atomic E-state index is 0.562. The van der Waals surface area contributed by atoms with E-state index in [1.165, 1.54) is 0 Å². The molecule has 16 heavy (non-hydrogen) atoms. The lowest BCUT2D eigenvalue weighted by Gasteiger charge is -2.08. The van der Waals surface area contributed by atoms with E-state index in [0.717, 1.165) is 8.95 Å². The summed E-state index contributed by atoms with van der Waals surface area (Å²) in [6.45, 7) is 0. The summed E-state index contributed by atoms with van der Waals surface area (Å²) in [5.74, 6) is 1.28. The first kappa shape index (κ1) is 11.9. The third kappa shape index (κ3) is 2.75. The maximum Gasteiger partial charge on any atom is 0.147 e. The summed E-state index contributed by atoms with van der Waals surface area (Å²) in [6.07, 6.45) is 3.33. The van der Waals surface area contributed by atoms with E-state index >= 15 is 0 Å². The van der Waals surface area contributed by atoms with Gasteiger partial charge in [-0.15, -0.1) is 0 Å². The third-order valence-corrected chi connectivity index (χ3v) is 3.25. The van der Waals surface area contributed by atoms with Crippen LogP contribution in [0.2, 0.25) is 5.02 Å². The molecule has 0 N–H and O–H groups in total. The molecule has 0 aliphatic carbocycles. The fraction of sp³-hybridized carbons (Fsp3) is 0. The van der Waals surface area contributed by atoms with Gasteiger partial charge in [-0.2, -0.15) is 0 Å². The largest absolute Gasteiger partial charge is 0.454 e. The lowest BCUT2D eigenvalue weighted by Crippen LogP contribution is -1.87. The van der Waals surface area contributed by atoms with Crippen LogP contribution in [0.15, 0.2) is 45.6 Å². The highest BCUT2D eigenvalue weighted by molar-refractivity contribution is 9.10. The number of halogens is 3. The van der Waals surface area contributed by atoms with Gasteiger partial charge in [-0.05, 0) is 34.1 Å². The molecule has 0 atom stereocenters. The zero-order valence-corrected chi connectivity index (χ0v) is 11.9. The van der Waals surface area contributed by atoms with Gasteiger partial charge in [-0.25, -0.2) is 0 Å². The molecule has 0 aliphatic heterocycles. The number of ether oxygens (including phenoxy) is 1. The quantitative estimate of drug-likeness (QED) is 0.745. The normalized spacial score (nSPS) is 10.2. The predicted octanol–water partition coefficient (Wildman–Crippen LogP) is 5.05. The van der Waals surface area contributed by atoms with Crippen LogP contribution in [-0.2, 0) is 0 Å². The van der Waals surface area contributed by atoms with Gasteiger partial charge in [0.2, 0.25) is 0 Å². The lowest BCUT2D eigenvalue weighted by atomic mass is 10.3. The van der Waals surface area contributed by atoms with Gasteiger partial charge in [-0.3, -0.25) is 4.98 Å². The number of pyridine rings is 1. The van der Waals surface area contributed by atoms with E-state index in [0.29, 0.717) is 16.5 Å². The number of hydrogen-bond acceptors (Lipinski definition) is 2. The van der Waals surface area contributed by atoms with Gasteiger partial charge >= 0.3 is 0 Å². The molecule has 82 valence electrons. The van der Waals surface area contributed by atoms with Crippen molar-refractivity contribution in [3.63, 3.8) is 0 Å².